The highest BCUT2D eigenvalue weighted by atomic mass is 35.5. The minimum absolute atomic E-state index is 0.0144. The average molecular weight is 579 g/mol. The summed E-state index contributed by atoms with van der Waals surface area (Å²) in [6.07, 6.45) is 0.985. The molecular weight excluding hydrogens is 551 g/mol. The maximum absolute atomic E-state index is 14.2. The van der Waals surface area contributed by atoms with Crippen molar-refractivity contribution in [3.8, 4) is 5.75 Å². The normalized spacial score (nSPS) is 14.4. The van der Waals surface area contributed by atoms with Crippen molar-refractivity contribution in [2.75, 3.05) is 11.1 Å². The van der Waals surface area contributed by atoms with E-state index in [1.165, 1.54) is 6.07 Å². The van der Waals surface area contributed by atoms with E-state index < -0.39 is 17.8 Å². The molecular formula is C30H28ClFN4O3S. The van der Waals surface area contributed by atoms with Gasteiger partial charge in [-0.15, -0.1) is 5.10 Å². The molecule has 0 amide bonds. The summed E-state index contributed by atoms with van der Waals surface area (Å²) in [5, 5.41) is 8.89. The van der Waals surface area contributed by atoms with Crippen LogP contribution >= 0.6 is 23.4 Å². The lowest BCUT2D eigenvalue weighted by Gasteiger charge is -2.28. The number of carbonyl (C=O) groups excluding carboxylic acids is 1. The van der Waals surface area contributed by atoms with E-state index in [1.807, 2.05) is 49.4 Å². The van der Waals surface area contributed by atoms with E-state index in [0.29, 0.717) is 33.1 Å². The van der Waals surface area contributed by atoms with Crippen LogP contribution in [-0.4, -0.2) is 26.5 Å². The van der Waals surface area contributed by atoms with Gasteiger partial charge < -0.3 is 14.8 Å². The number of hydrogen-bond donors (Lipinski definition) is 1. The minimum atomic E-state index is -0.571. The third kappa shape index (κ3) is 6.16. The number of benzene rings is 3. The second kappa shape index (κ2) is 12.6. The molecule has 206 valence electrons. The third-order valence-corrected chi connectivity index (χ3v) is 7.74. The largest absolute Gasteiger partial charge is 0.489 e. The molecule has 0 spiro atoms. The number of esters is 1. The van der Waals surface area contributed by atoms with Crippen LogP contribution in [0.4, 0.5) is 10.3 Å². The Hall–Kier alpha value is -3.82. The Morgan fingerprint density at radius 1 is 1.07 bits per heavy atom. The zero-order chi connectivity index (χ0) is 28.1. The molecule has 0 radical (unpaired) electrons. The highest BCUT2D eigenvalue weighted by molar-refractivity contribution is 7.99. The molecule has 0 saturated heterocycles. The van der Waals surface area contributed by atoms with Gasteiger partial charge >= 0.3 is 5.97 Å². The van der Waals surface area contributed by atoms with Gasteiger partial charge in [0.25, 0.3) is 0 Å². The summed E-state index contributed by atoms with van der Waals surface area (Å²) >= 11 is 7.70. The minimum Gasteiger partial charge on any atom is -0.489 e. The molecule has 1 aliphatic rings. The fraction of sp³-hybridized carbons (Fsp3) is 0.233. The van der Waals surface area contributed by atoms with Crippen molar-refractivity contribution in [3.05, 3.63) is 112 Å². The van der Waals surface area contributed by atoms with Gasteiger partial charge in [-0.2, -0.15) is 4.98 Å². The second-order valence-electron chi connectivity index (χ2n) is 9.20. The molecule has 3 aromatic carbocycles. The Kier molecular flexibility index (Phi) is 8.72. The number of rotatable bonds is 10. The SMILES string of the molecule is CCCSc1nc2n(n1)C(c1ccc(OCc3c(F)cccc3Cl)cc1)C(C(=O)OCc1ccccc1)=C(C)N2. The van der Waals surface area contributed by atoms with Gasteiger partial charge in [-0.25, -0.2) is 13.9 Å². The highest BCUT2D eigenvalue weighted by Gasteiger charge is 2.35. The van der Waals surface area contributed by atoms with E-state index in [2.05, 4.69) is 17.2 Å². The summed E-state index contributed by atoms with van der Waals surface area (Å²) in [6.45, 7) is 4.06. The molecule has 0 aliphatic carbocycles. The number of thioether (sulfide) groups is 1. The molecule has 1 aliphatic heterocycles. The Morgan fingerprint density at radius 2 is 1.85 bits per heavy atom. The van der Waals surface area contributed by atoms with Crippen LogP contribution in [0, 0.1) is 5.82 Å². The number of aromatic nitrogens is 3. The van der Waals surface area contributed by atoms with E-state index in [1.54, 1.807) is 40.7 Å². The van der Waals surface area contributed by atoms with E-state index >= 15 is 0 Å². The van der Waals surface area contributed by atoms with Gasteiger partial charge in [-0.05, 0) is 48.7 Å². The van der Waals surface area contributed by atoms with Crippen LogP contribution < -0.4 is 10.1 Å². The molecule has 7 nitrogen and oxygen atoms in total. The van der Waals surface area contributed by atoms with Gasteiger partial charge in [0.2, 0.25) is 11.1 Å². The number of ether oxygens (including phenoxy) is 2. The van der Waals surface area contributed by atoms with Crippen molar-refractivity contribution in [1.82, 2.24) is 14.8 Å². The van der Waals surface area contributed by atoms with Crippen molar-refractivity contribution >= 4 is 35.3 Å². The van der Waals surface area contributed by atoms with E-state index in [0.717, 1.165) is 23.3 Å². The summed E-state index contributed by atoms with van der Waals surface area (Å²) in [5.74, 6) is 1.09. The number of hydrogen-bond acceptors (Lipinski definition) is 7. The van der Waals surface area contributed by atoms with Gasteiger partial charge in [0, 0.05) is 17.0 Å². The molecule has 0 saturated carbocycles. The molecule has 1 atom stereocenters. The first-order valence-corrected chi connectivity index (χ1v) is 14.2. The molecule has 5 rings (SSSR count). The zero-order valence-corrected chi connectivity index (χ0v) is 23.6. The van der Waals surface area contributed by atoms with Crippen molar-refractivity contribution in [2.24, 2.45) is 0 Å². The number of fused-ring (bicyclic) bond motifs is 1. The van der Waals surface area contributed by atoms with E-state index in [4.69, 9.17) is 26.2 Å². The van der Waals surface area contributed by atoms with Crippen LogP contribution in [0.1, 0.15) is 43.0 Å². The summed E-state index contributed by atoms with van der Waals surface area (Å²) in [5.41, 5.74) is 3.06. The lowest BCUT2D eigenvalue weighted by molar-refractivity contribution is -0.140. The summed E-state index contributed by atoms with van der Waals surface area (Å²) in [7, 11) is 0. The van der Waals surface area contributed by atoms with Crippen LogP contribution in [0.3, 0.4) is 0 Å². The Labute approximate surface area is 241 Å². The number of carbonyl (C=O) groups is 1. The van der Waals surface area contributed by atoms with Gasteiger partial charge in [0.1, 0.15) is 30.8 Å². The number of anilines is 1. The zero-order valence-electron chi connectivity index (χ0n) is 22.1. The molecule has 10 heteroatoms. The predicted octanol–water partition coefficient (Wildman–Crippen LogP) is 7.18. The number of nitrogens with zero attached hydrogens (tertiary/aromatic N) is 3. The highest BCUT2D eigenvalue weighted by Crippen LogP contribution is 2.37. The molecule has 40 heavy (non-hydrogen) atoms. The Balaban J connectivity index is 1.42. The Morgan fingerprint density at radius 3 is 2.58 bits per heavy atom. The average Bonchev–Trinajstić information content (AvgIpc) is 3.37. The van der Waals surface area contributed by atoms with Crippen molar-refractivity contribution in [2.45, 2.75) is 44.7 Å². The fourth-order valence-corrected chi connectivity index (χ4v) is 5.23. The van der Waals surface area contributed by atoms with Gasteiger partial charge in [0.05, 0.1) is 10.6 Å². The van der Waals surface area contributed by atoms with E-state index in [9.17, 15) is 9.18 Å². The third-order valence-electron chi connectivity index (χ3n) is 6.34. The van der Waals surface area contributed by atoms with Crippen LogP contribution in [0.5, 0.6) is 5.75 Å². The standard InChI is InChI=1S/C30H28ClFN4O3S/c1-3-16-40-30-34-29-33-19(2)26(28(37)39-17-20-8-5-4-6-9-20)27(36(29)35-30)21-12-14-22(15-13-21)38-18-23-24(31)10-7-11-25(23)32/h4-15,27H,3,16-18H2,1-2H3,(H,33,34,35). The van der Waals surface area contributed by atoms with Crippen LogP contribution in [-0.2, 0) is 22.7 Å². The number of halogens is 2. The predicted molar refractivity (Wildman–Crippen MR) is 154 cm³/mol. The Bertz CT molecular complexity index is 1510. The van der Waals surface area contributed by atoms with Crippen LogP contribution in [0.15, 0.2) is 89.2 Å². The lowest BCUT2D eigenvalue weighted by Crippen LogP contribution is -2.29. The fourth-order valence-electron chi connectivity index (χ4n) is 4.33. The summed E-state index contributed by atoms with van der Waals surface area (Å²) < 4.78 is 27.4. The number of allylic oxidation sites excluding steroid dienone is 1. The monoisotopic (exact) mass is 578 g/mol. The molecule has 2 heterocycles. The van der Waals surface area contributed by atoms with Crippen LogP contribution in [0.25, 0.3) is 0 Å². The summed E-state index contributed by atoms with van der Waals surface area (Å²) in [4.78, 5) is 18.1. The molecule has 0 fully saturated rings. The van der Waals surface area contributed by atoms with Crippen molar-refractivity contribution in [3.63, 3.8) is 0 Å². The smallest absolute Gasteiger partial charge is 0.338 e. The van der Waals surface area contributed by atoms with Crippen molar-refractivity contribution in [1.29, 1.82) is 0 Å². The molecule has 1 N–H and O–H groups in total. The quantitative estimate of drug-likeness (QED) is 0.158. The molecule has 1 unspecified atom stereocenters. The second-order valence-corrected chi connectivity index (χ2v) is 10.7. The van der Waals surface area contributed by atoms with E-state index in [-0.39, 0.29) is 18.8 Å². The van der Waals surface area contributed by atoms with Gasteiger partial charge in [0.15, 0.2) is 0 Å². The maximum atomic E-state index is 14.2. The maximum Gasteiger partial charge on any atom is 0.338 e. The summed E-state index contributed by atoms with van der Waals surface area (Å²) in [6, 6.07) is 20.8. The van der Waals surface area contributed by atoms with Crippen molar-refractivity contribution < 1.29 is 18.7 Å². The molecule has 4 aromatic rings. The van der Waals surface area contributed by atoms with Gasteiger partial charge in [-0.3, -0.25) is 0 Å². The van der Waals surface area contributed by atoms with Crippen LogP contribution in [0.2, 0.25) is 5.02 Å². The lowest BCUT2D eigenvalue weighted by atomic mass is 9.95. The molecule has 0 bridgehead atoms. The molecule has 1 aromatic heterocycles. The first-order valence-electron chi connectivity index (χ1n) is 12.9. The number of nitrogens with one attached hydrogen (secondary N) is 1. The van der Waals surface area contributed by atoms with Gasteiger partial charge in [-0.1, -0.05) is 78.8 Å². The topological polar surface area (TPSA) is 78.3 Å². The first-order chi connectivity index (χ1) is 19.4. The first kappa shape index (κ1) is 27.7.